The van der Waals surface area contributed by atoms with E-state index < -0.39 is 0 Å². The molecule has 0 radical (unpaired) electrons. The first-order chi connectivity index (χ1) is 8.96. The van der Waals surface area contributed by atoms with Gasteiger partial charge in [-0.05, 0) is 64.1 Å². The molecule has 0 saturated heterocycles. The molecule has 0 aromatic carbocycles. The lowest BCUT2D eigenvalue weighted by Crippen LogP contribution is -2.40. The summed E-state index contributed by atoms with van der Waals surface area (Å²) in [6.07, 6.45) is 6.82. The van der Waals surface area contributed by atoms with Gasteiger partial charge in [0.1, 0.15) is 0 Å². The van der Waals surface area contributed by atoms with Crippen LogP contribution < -0.4 is 5.32 Å². The standard InChI is InChI=1S/C16H26ClNS/c1-16(2,3)18-11-12-7-5-4-6-8-13(12)14-9-10-15(17)19-14/h9-10,12-13,18H,4-8,11H2,1-3H3. The van der Waals surface area contributed by atoms with Gasteiger partial charge < -0.3 is 5.32 Å². The SMILES string of the molecule is CC(C)(C)NCC1CCCCCC1c1ccc(Cl)s1. The van der Waals surface area contributed by atoms with E-state index in [1.165, 1.54) is 37.0 Å². The molecule has 3 heteroatoms. The van der Waals surface area contributed by atoms with Crippen LogP contribution in [0.15, 0.2) is 12.1 Å². The molecule has 1 fully saturated rings. The molecule has 1 aromatic rings. The zero-order chi connectivity index (χ0) is 13.9. The van der Waals surface area contributed by atoms with Crippen molar-refractivity contribution < 1.29 is 0 Å². The average molecular weight is 300 g/mol. The predicted molar refractivity (Wildman–Crippen MR) is 86.4 cm³/mol. The molecule has 0 spiro atoms. The summed E-state index contributed by atoms with van der Waals surface area (Å²) in [6.45, 7) is 7.88. The average Bonchev–Trinajstić information content (AvgIpc) is 2.62. The zero-order valence-electron chi connectivity index (χ0n) is 12.3. The summed E-state index contributed by atoms with van der Waals surface area (Å²) in [7, 11) is 0. The minimum absolute atomic E-state index is 0.212. The smallest absolute Gasteiger partial charge is 0.0931 e. The van der Waals surface area contributed by atoms with Crippen LogP contribution in [0.25, 0.3) is 0 Å². The Hall–Kier alpha value is -0.0500. The monoisotopic (exact) mass is 299 g/mol. The van der Waals surface area contributed by atoms with Gasteiger partial charge in [0.25, 0.3) is 0 Å². The highest BCUT2D eigenvalue weighted by molar-refractivity contribution is 7.16. The Morgan fingerprint density at radius 3 is 2.58 bits per heavy atom. The second-order valence-corrected chi connectivity index (χ2v) is 8.52. The molecule has 19 heavy (non-hydrogen) atoms. The largest absolute Gasteiger partial charge is 0.312 e. The number of hydrogen-bond acceptors (Lipinski definition) is 2. The number of rotatable bonds is 3. The Kier molecular flexibility index (Phi) is 5.33. The van der Waals surface area contributed by atoms with Crippen molar-refractivity contribution in [3.63, 3.8) is 0 Å². The molecule has 0 bridgehead atoms. The highest BCUT2D eigenvalue weighted by atomic mass is 35.5. The second-order valence-electron chi connectivity index (χ2n) is 6.78. The maximum atomic E-state index is 6.12. The van der Waals surface area contributed by atoms with E-state index >= 15 is 0 Å². The summed E-state index contributed by atoms with van der Waals surface area (Å²) >= 11 is 7.90. The lowest BCUT2D eigenvalue weighted by molar-refractivity contribution is 0.324. The van der Waals surface area contributed by atoms with Gasteiger partial charge in [0.05, 0.1) is 4.34 Å². The fourth-order valence-corrected chi connectivity index (χ4v) is 4.26. The van der Waals surface area contributed by atoms with Crippen molar-refractivity contribution in [1.29, 1.82) is 0 Å². The molecule has 0 amide bonds. The normalized spacial score (nSPS) is 25.3. The van der Waals surface area contributed by atoms with Crippen molar-refractivity contribution >= 4 is 22.9 Å². The molecule has 1 aromatic heterocycles. The van der Waals surface area contributed by atoms with E-state index in [0.717, 1.165) is 16.8 Å². The first-order valence-corrected chi connectivity index (χ1v) is 8.65. The first-order valence-electron chi connectivity index (χ1n) is 7.46. The molecule has 2 rings (SSSR count). The van der Waals surface area contributed by atoms with Gasteiger partial charge in [-0.1, -0.05) is 30.9 Å². The fraction of sp³-hybridized carbons (Fsp3) is 0.750. The lowest BCUT2D eigenvalue weighted by Gasteiger charge is -2.29. The first kappa shape index (κ1) is 15.3. The van der Waals surface area contributed by atoms with E-state index in [9.17, 15) is 0 Å². The third kappa shape index (κ3) is 4.77. The van der Waals surface area contributed by atoms with E-state index in [0.29, 0.717) is 5.92 Å². The van der Waals surface area contributed by atoms with Gasteiger partial charge in [0.2, 0.25) is 0 Å². The van der Waals surface area contributed by atoms with E-state index in [1.807, 2.05) is 0 Å². The molecule has 1 aliphatic carbocycles. The minimum atomic E-state index is 0.212. The Morgan fingerprint density at radius 1 is 1.21 bits per heavy atom. The minimum Gasteiger partial charge on any atom is -0.312 e. The van der Waals surface area contributed by atoms with Crippen LogP contribution >= 0.6 is 22.9 Å². The molecule has 1 saturated carbocycles. The van der Waals surface area contributed by atoms with Crippen molar-refractivity contribution in [3.05, 3.63) is 21.3 Å². The summed E-state index contributed by atoms with van der Waals surface area (Å²) in [4.78, 5) is 1.49. The molecule has 1 aliphatic rings. The molecular weight excluding hydrogens is 274 g/mol. The zero-order valence-corrected chi connectivity index (χ0v) is 13.9. The highest BCUT2D eigenvalue weighted by Crippen LogP contribution is 2.40. The van der Waals surface area contributed by atoms with E-state index in [1.54, 1.807) is 11.3 Å². The van der Waals surface area contributed by atoms with Crippen LogP contribution in [0.1, 0.15) is 63.7 Å². The van der Waals surface area contributed by atoms with Crippen LogP contribution in [0.5, 0.6) is 0 Å². The van der Waals surface area contributed by atoms with Crippen molar-refractivity contribution in [3.8, 4) is 0 Å². The van der Waals surface area contributed by atoms with Gasteiger partial charge in [-0.15, -0.1) is 11.3 Å². The van der Waals surface area contributed by atoms with Crippen molar-refractivity contribution in [1.82, 2.24) is 5.32 Å². The maximum absolute atomic E-state index is 6.12. The number of thiophene rings is 1. The van der Waals surface area contributed by atoms with Gasteiger partial charge in [0, 0.05) is 10.4 Å². The van der Waals surface area contributed by atoms with Gasteiger partial charge in [-0.25, -0.2) is 0 Å². The van der Waals surface area contributed by atoms with Crippen LogP contribution in [-0.2, 0) is 0 Å². The van der Waals surface area contributed by atoms with Crippen LogP contribution in [0, 0.1) is 5.92 Å². The van der Waals surface area contributed by atoms with E-state index in [2.05, 4.69) is 38.2 Å². The Bertz CT molecular complexity index is 394. The molecule has 108 valence electrons. The van der Waals surface area contributed by atoms with Gasteiger partial charge in [0.15, 0.2) is 0 Å². The fourth-order valence-electron chi connectivity index (χ4n) is 2.97. The summed E-state index contributed by atoms with van der Waals surface area (Å²) in [5, 5.41) is 3.70. The molecule has 2 atom stereocenters. The maximum Gasteiger partial charge on any atom is 0.0931 e. The summed E-state index contributed by atoms with van der Waals surface area (Å²) < 4.78 is 0.932. The summed E-state index contributed by atoms with van der Waals surface area (Å²) in [6, 6.07) is 4.30. The third-order valence-corrected chi connectivity index (χ3v) is 5.38. The van der Waals surface area contributed by atoms with Crippen LogP contribution in [-0.4, -0.2) is 12.1 Å². The van der Waals surface area contributed by atoms with Crippen LogP contribution in [0.2, 0.25) is 4.34 Å². The summed E-state index contributed by atoms with van der Waals surface area (Å²) in [5.74, 6) is 1.46. The molecule has 1 nitrogen and oxygen atoms in total. The topological polar surface area (TPSA) is 12.0 Å². The van der Waals surface area contributed by atoms with Crippen molar-refractivity contribution in [2.75, 3.05) is 6.54 Å². The Labute approximate surface area is 126 Å². The summed E-state index contributed by atoms with van der Waals surface area (Å²) in [5.41, 5.74) is 0.212. The van der Waals surface area contributed by atoms with Gasteiger partial charge in [-0.2, -0.15) is 0 Å². The molecule has 2 unspecified atom stereocenters. The predicted octanol–water partition coefficient (Wildman–Crippen LogP) is 5.45. The number of hydrogen-bond donors (Lipinski definition) is 1. The third-order valence-electron chi connectivity index (χ3n) is 4.01. The molecule has 1 N–H and O–H groups in total. The molecule has 1 heterocycles. The van der Waals surface area contributed by atoms with Crippen LogP contribution in [0.4, 0.5) is 0 Å². The Morgan fingerprint density at radius 2 is 1.95 bits per heavy atom. The van der Waals surface area contributed by atoms with E-state index in [4.69, 9.17) is 11.6 Å². The van der Waals surface area contributed by atoms with Gasteiger partial charge >= 0.3 is 0 Å². The van der Waals surface area contributed by atoms with E-state index in [-0.39, 0.29) is 5.54 Å². The highest BCUT2D eigenvalue weighted by Gasteiger charge is 2.27. The Balaban J connectivity index is 2.07. The molecule has 0 aliphatic heterocycles. The van der Waals surface area contributed by atoms with Gasteiger partial charge in [-0.3, -0.25) is 0 Å². The van der Waals surface area contributed by atoms with Crippen molar-refractivity contribution in [2.24, 2.45) is 5.92 Å². The number of halogens is 1. The number of nitrogens with one attached hydrogen (secondary N) is 1. The molecular formula is C16H26ClNS. The quantitative estimate of drug-likeness (QED) is 0.731. The lowest BCUT2D eigenvalue weighted by atomic mass is 9.86. The second kappa shape index (κ2) is 6.60. The van der Waals surface area contributed by atoms with Crippen LogP contribution in [0.3, 0.4) is 0 Å². The van der Waals surface area contributed by atoms with Crippen molar-refractivity contribution in [2.45, 2.75) is 64.3 Å².